The van der Waals surface area contributed by atoms with Gasteiger partial charge in [-0.15, -0.1) is 0 Å². The van der Waals surface area contributed by atoms with Gasteiger partial charge in [-0.25, -0.2) is 0 Å². The van der Waals surface area contributed by atoms with Crippen molar-refractivity contribution in [1.29, 1.82) is 0 Å². The molecule has 0 spiro atoms. The Morgan fingerprint density at radius 2 is 2.29 bits per heavy atom. The fourth-order valence-corrected chi connectivity index (χ4v) is 2.11. The highest BCUT2D eigenvalue weighted by Crippen LogP contribution is 2.34. The van der Waals surface area contributed by atoms with Crippen LogP contribution in [0.5, 0.6) is 11.5 Å². The standard InChI is InChI=1S/C12H15NO4/c1-17-11-3-2-9(14)6-10(11)13-5-4-8(7-13)12(15)16/h2-3,6,8,14H,4-5,7H2,1H3,(H,15,16). The first-order valence-corrected chi connectivity index (χ1v) is 5.46. The van der Waals surface area contributed by atoms with Crippen molar-refractivity contribution >= 4 is 11.7 Å². The van der Waals surface area contributed by atoms with Gasteiger partial charge < -0.3 is 19.8 Å². The second-order valence-corrected chi connectivity index (χ2v) is 4.13. The van der Waals surface area contributed by atoms with Crippen molar-refractivity contribution in [2.75, 3.05) is 25.1 Å². The lowest BCUT2D eigenvalue weighted by molar-refractivity contribution is -0.140. The Hall–Kier alpha value is -1.91. The summed E-state index contributed by atoms with van der Waals surface area (Å²) in [5, 5.41) is 18.4. The molecule has 5 nitrogen and oxygen atoms in total. The van der Waals surface area contributed by atoms with Gasteiger partial charge in [-0.3, -0.25) is 4.79 Å². The minimum absolute atomic E-state index is 0.152. The molecule has 1 aliphatic rings. The average molecular weight is 237 g/mol. The first kappa shape index (κ1) is 11.6. The lowest BCUT2D eigenvalue weighted by Crippen LogP contribution is -2.23. The molecule has 1 saturated heterocycles. The molecule has 0 bridgehead atoms. The van der Waals surface area contributed by atoms with Crippen LogP contribution in [0.3, 0.4) is 0 Å². The Kier molecular flexibility index (Phi) is 3.08. The van der Waals surface area contributed by atoms with E-state index in [-0.39, 0.29) is 11.7 Å². The van der Waals surface area contributed by atoms with E-state index >= 15 is 0 Å². The molecular formula is C12H15NO4. The highest BCUT2D eigenvalue weighted by atomic mass is 16.5. The third-order valence-electron chi connectivity index (χ3n) is 3.04. The fourth-order valence-electron chi connectivity index (χ4n) is 2.11. The Bertz CT molecular complexity index is 433. The molecule has 1 aromatic rings. The normalized spacial score (nSPS) is 19.4. The van der Waals surface area contributed by atoms with Crippen LogP contribution in [0.1, 0.15) is 6.42 Å². The number of carboxylic acid groups (broad SMARTS) is 1. The molecule has 2 N–H and O–H groups in total. The quantitative estimate of drug-likeness (QED) is 0.829. The maximum absolute atomic E-state index is 10.9. The van der Waals surface area contributed by atoms with E-state index in [2.05, 4.69) is 0 Å². The Balaban J connectivity index is 2.23. The molecule has 1 atom stereocenters. The van der Waals surface area contributed by atoms with Crippen LogP contribution < -0.4 is 9.64 Å². The number of aliphatic carboxylic acids is 1. The molecule has 1 aliphatic heterocycles. The molecule has 1 fully saturated rings. The first-order valence-electron chi connectivity index (χ1n) is 5.46. The number of ether oxygens (including phenoxy) is 1. The summed E-state index contributed by atoms with van der Waals surface area (Å²) in [6.45, 7) is 1.12. The number of carboxylic acids is 1. The molecule has 1 aromatic carbocycles. The zero-order valence-corrected chi connectivity index (χ0v) is 9.59. The molecule has 17 heavy (non-hydrogen) atoms. The molecular weight excluding hydrogens is 222 g/mol. The van der Waals surface area contributed by atoms with E-state index in [1.54, 1.807) is 25.3 Å². The van der Waals surface area contributed by atoms with Crippen LogP contribution >= 0.6 is 0 Å². The fraction of sp³-hybridized carbons (Fsp3) is 0.417. The van der Waals surface area contributed by atoms with E-state index in [4.69, 9.17) is 9.84 Å². The SMILES string of the molecule is COc1ccc(O)cc1N1CCC(C(=O)O)C1. The molecule has 0 aliphatic carbocycles. The lowest BCUT2D eigenvalue weighted by Gasteiger charge is -2.20. The van der Waals surface area contributed by atoms with Gasteiger partial charge in [0.25, 0.3) is 0 Å². The predicted octanol–water partition coefficient (Wildman–Crippen LogP) is 1.31. The lowest BCUT2D eigenvalue weighted by atomic mass is 10.1. The van der Waals surface area contributed by atoms with Crippen molar-refractivity contribution < 1.29 is 19.7 Å². The molecule has 0 amide bonds. The van der Waals surface area contributed by atoms with Gasteiger partial charge in [0.05, 0.1) is 18.7 Å². The van der Waals surface area contributed by atoms with Crippen molar-refractivity contribution in [2.24, 2.45) is 5.92 Å². The van der Waals surface area contributed by atoms with E-state index < -0.39 is 5.97 Å². The maximum Gasteiger partial charge on any atom is 0.308 e. The Morgan fingerprint density at radius 3 is 2.88 bits per heavy atom. The number of nitrogens with zero attached hydrogens (tertiary/aromatic N) is 1. The number of anilines is 1. The number of aromatic hydroxyl groups is 1. The smallest absolute Gasteiger partial charge is 0.308 e. The number of methoxy groups -OCH3 is 1. The van der Waals surface area contributed by atoms with Gasteiger partial charge in [0.2, 0.25) is 0 Å². The van der Waals surface area contributed by atoms with Crippen LogP contribution in [-0.2, 0) is 4.79 Å². The van der Waals surface area contributed by atoms with Crippen molar-refractivity contribution in [1.82, 2.24) is 0 Å². The number of phenolic OH excluding ortho intramolecular Hbond substituents is 1. The third-order valence-corrected chi connectivity index (χ3v) is 3.04. The minimum Gasteiger partial charge on any atom is -0.508 e. The Morgan fingerprint density at radius 1 is 1.53 bits per heavy atom. The number of hydrogen-bond acceptors (Lipinski definition) is 4. The summed E-state index contributed by atoms with van der Waals surface area (Å²) in [5.74, 6) is -0.318. The van der Waals surface area contributed by atoms with Gasteiger partial charge in [0.1, 0.15) is 11.5 Å². The zero-order valence-electron chi connectivity index (χ0n) is 9.59. The number of rotatable bonds is 3. The first-order chi connectivity index (χ1) is 8.11. The van der Waals surface area contributed by atoms with Gasteiger partial charge in [0, 0.05) is 19.2 Å². The summed E-state index contributed by atoms with van der Waals surface area (Å²) in [6, 6.07) is 4.83. The molecule has 0 aromatic heterocycles. The van der Waals surface area contributed by atoms with E-state index in [0.717, 1.165) is 5.69 Å². The van der Waals surface area contributed by atoms with Crippen molar-refractivity contribution in [3.8, 4) is 11.5 Å². The summed E-state index contributed by atoms with van der Waals surface area (Å²) in [6.07, 6.45) is 0.619. The van der Waals surface area contributed by atoms with Gasteiger partial charge >= 0.3 is 5.97 Å². The largest absolute Gasteiger partial charge is 0.508 e. The zero-order chi connectivity index (χ0) is 12.4. The number of phenols is 1. The topological polar surface area (TPSA) is 70.0 Å². The summed E-state index contributed by atoms with van der Waals surface area (Å²) in [4.78, 5) is 12.8. The van der Waals surface area contributed by atoms with Crippen molar-refractivity contribution in [3.63, 3.8) is 0 Å². The Labute approximate surface area is 99.2 Å². The van der Waals surface area contributed by atoms with Gasteiger partial charge in [-0.1, -0.05) is 0 Å². The molecule has 5 heteroatoms. The van der Waals surface area contributed by atoms with Crippen molar-refractivity contribution in [2.45, 2.75) is 6.42 Å². The molecule has 92 valence electrons. The van der Waals surface area contributed by atoms with Crippen LogP contribution in [-0.4, -0.2) is 36.4 Å². The summed E-state index contributed by atoms with van der Waals surface area (Å²) < 4.78 is 5.21. The van der Waals surface area contributed by atoms with E-state index in [9.17, 15) is 9.90 Å². The van der Waals surface area contributed by atoms with Gasteiger partial charge in [0.15, 0.2) is 0 Å². The van der Waals surface area contributed by atoms with Crippen LogP contribution in [0.15, 0.2) is 18.2 Å². The summed E-state index contributed by atoms with van der Waals surface area (Å²) >= 11 is 0. The highest BCUT2D eigenvalue weighted by Gasteiger charge is 2.29. The van der Waals surface area contributed by atoms with Gasteiger partial charge in [-0.05, 0) is 18.6 Å². The maximum atomic E-state index is 10.9. The summed E-state index contributed by atoms with van der Waals surface area (Å²) in [5.41, 5.74) is 0.747. The monoisotopic (exact) mass is 237 g/mol. The van der Waals surface area contributed by atoms with E-state index in [1.165, 1.54) is 0 Å². The third kappa shape index (κ3) is 2.27. The summed E-state index contributed by atoms with van der Waals surface area (Å²) in [7, 11) is 1.56. The number of benzene rings is 1. The minimum atomic E-state index is -0.772. The van der Waals surface area contributed by atoms with Crippen molar-refractivity contribution in [3.05, 3.63) is 18.2 Å². The van der Waals surface area contributed by atoms with E-state index in [0.29, 0.717) is 25.3 Å². The van der Waals surface area contributed by atoms with Crippen LogP contribution in [0.25, 0.3) is 0 Å². The molecule has 1 heterocycles. The number of carbonyl (C=O) groups is 1. The molecule has 0 radical (unpaired) electrons. The molecule has 0 saturated carbocycles. The molecule has 1 unspecified atom stereocenters. The molecule has 2 rings (SSSR count). The second kappa shape index (κ2) is 4.53. The predicted molar refractivity (Wildman–Crippen MR) is 62.6 cm³/mol. The van der Waals surface area contributed by atoms with Crippen LogP contribution in [0.2, 0.25) is 0 Å². The van der Waals surface area contributed by atoms with E-state index in [1.807, 2.05) is 4.90 Å². The average Bonchev–Trinajstić information content (AvgIpc) is 2.78. The van der Waals surface area contributed by atoms with Crippen LogP contribution in [0, 0.1) is 5.92 Å². The van der Waals surface area contributed by atoms with Gasteiger partial charge in [-0.2, -0.15) is 0 Å². The number of hydrogen-bond donors (Lipinski definition) is 2. The van der Waals surface area contributed by atoms with Crippen LogP contribution in [0.4, 0.5) is 5.69 Å². The highest BCUT2D eigenvalue weighted by molar-refractivity contribution is 5.73. The second-order valence-electron chi connectivity index (χ2n) is 4.13.